The molecule has 1 atom stereocenters. The van der Waals surface area contributed by atoms with Crippen LogP contribution in [0.5, 0.6) is 0 Å². The lowest BCUT2D eigenvalue weighted by atomic mass is 9.95. The number of rotatable bonds is 5. The van der Waals surface area contributed by atoms with Crippen LogP contribution in [0, 0.1) is 25.2 Å². The van der Waals surface area contributed by atoms with E-state index in [1.807, 2.05) is 6.92 Å². The quantitative estimate of drug-likeness (QED) is 0.726. The van der Waals surface area contributed by atoms with Crippen molar-refractivity contribution >= 4 is 23.1 Å². The molecule has 29 heavy (non-hydrogen) atoms. The Balaban J connectivity index is 1.54. The molecule has 2 aromatic rings. The molecule has 154 valence electrons. The van der Waals surface area contributed by atoms with Crippen molar-refractivity contribution in [3.05, 3.63) is 39.2 Å². The van der Waals surface area contributed by atoms with Gasteiger partial charge in [-0.25, -0.2) is 0 Å². The first-order valence-corrected chi connectivity index (χ1v) is 11.7. The minimum absolute atomic E-state index is 0.0143. The predicted molar refractivity (Wildman–Crippen MR) is 117 cm³/mol. The van der Waals surface area contributed by atoms with Crippen LogP contribution in [0.3, 0.4) is 0 Å². The van der Waals surface area contributed by atoms with Gasteiger partial charge in [-0.3, -0.25) is 9.69 Å². The van der Waals surface area contributed by atoms with Gasteiger partial charge < -0.3 is 9.88 Å². The molecular formula is C23H30N4OS. The molecule has 0 unspecified atom stereocenters. The van der Waals surface area contributed by atoms with E-state index in [2.05, 4.69) is 45.3 Å². The van der Waals surface area contributed by atoms with Crippen molar-refractivity contribution in [1.29, 1.82) is 5.26 Å². The molecule has 0 spiro atoms. The summed E-state index contributed by atoms with van der Waals surface area (Å²) in [6.07, 6.45) is 8.18. The van der Waals surface area contributed by atoms with Gasteiger partial charge in [0, 0.05) is 22.7 Å². The molecule has 4 rings (SSSR count). The number of hydrogen-bond acceptors (Lipinski definition) is 4. The van der Waals surface area contributed by atoms with Crippen LogP contribution >= 0.6 is 11.3 Å². The standard InChI is InChI=1S/C23H30N4OS/c1-16-17(2)27(18-8-4-3-5-9-18)23(19(16)14-24)25-22(28)15-26-12-6-10-20(26)21-11-7-13-29-21/h7,11,13,18,20H,3-6,8-10,12,15H2,1-2H3,(H,25,28)/t20-/m1/s1. The van der Waals surface area contributed by atoms with E-state index in [1.165, 1.54) is 24.1 Å². The fourth-order valence-corrected chi connectivity index (χ4v) is 5.95. The van der Waals surface area contributed by atoms with Gasteiger partial charge in [-0.05, 0) is 63.1 Å². The Hall–Kier alpha value is -2.10. The highest BCUT2D eigenvalue weighted by molar-refractivity contribution is 7.10. The molecule has 0 radical (unpaired) electrons. The van der Waals surface area contributed by atoms with E-state index in [1.54, 1.807) is 11.3 Å². The van der Waals surface area contributed by atoms with Crippen LogP contribution in [0.25, 0.3) is 0 Å². The molecule has 1 aliphatic heterocycles. The fourth-order valence-electron chi connectivity index (χ4n) is 5.06. The average Bonchev–Trinajstić information content (AvgIpc) is 3.44. The van der Waals surface area contributed by atoms with Gasteiger partial charge in [0.25, 0.3) is 0 Å². The van der Waals surface area contributed by atoms with Crippen LogP contribution < -0.4 is 5.32 Å². The number of anilines is 1. The summed E-state index contributed by atoms with van der Waals surface area (Å²) in [4.78, 5) is 16.7. The van der Waals surface area contributed by atoms with E-state index in [9.17, 15) is 10.1 Å². The number of hydrogen-bond donors (Lipinski definition) is 1. The summed E-state index contributed by atoms with van der Waals surface area (Å²) in [6.45, 7) is 5.40. The maximum atomic E-state index is 13.0. The average molecular weight is 411 g/mol. The van der Waals surface area contributed by atoms with Crippen molar-refractivity contribution in [2.45, 2.75) is 70.9 Å². The maximum absolute atomic E-state index is 13.0. The van der Waals surface area contributed by atoms with E-state index in [0.29, 0.717) is 30.0 Å². The Labute approximate surface area is 177 Å². The minimum atomic E-state index is -0.0143. The van der Waals surface area contributed by atoms with Crippen molar-refractivity contribution < 1.29 is 4.79 Å². The molecule has 2 fully saturated rings. The van der Waals surface area contributed by atoms with Crippen molar-refractivity contribution in [3.8, 4) is 6.07 Å². The van der Waals surface area contributed by atoms with Crippen LogP contribution in [-0.2, 0) is 4.79 Å². The topological polar surface area (TPSA) is 61.1 Å². The number of likely N-dealkylation sites (tertiary alicyclic amines) is 1. The Bertz CT molecular complexity index is 902. The summed E-state index contributed by atoms with van der Waals surface area (Å²) in [7, 11) is 0. The first-order chi connectivity index (χ1) is 14.1. The third-order valence-corrected chi connectivity index (χ3v) is 7.62. The normalized spacial score (nSPS) is 20.7. The molecule has 1 amide bonds. The summed E-state index contributed by atoms with van der Waals surface area (Å²) in [5, 5.41) is 15.0. The summed E-state index contributed by atoms with van der Waals surface area (Å²) in [6, 6.07) is 7.31. The summed E-state index contributed by atoms with van der Waals surface area (Å²) >= 11 is 1.77. The van der Waals surface area contributed by atoms with Gasteiger partial charge in [-0.2, -0.15) is 5.26 Å². The lowest BCUT2D eigenvalue weighted by Crippen LogP contribution is -2.33. The SMILES string of the molecule is Cc1c(C#N)c(NC(=O)CN2CCC[C@@H]2c2cccs2)n(C2CCCCC2)c1C. The molecule has 0 bridgehead atoms. The van der Waals surface area contributed by atoms with Crippen molar-refractivity contribution in [1.82, 2.24) is 9.47 Å². The van der Waals surface area contributed by atoms with Crippen LogP contribution in [0.15, 0.2) is 17.5 Å². The fraction of sp³-hybridized carbons (Fsp3) is 0.565. The summed E-state index contributed by atoms with van der Waals surface area (Å²) in [5.74, 6) is 0.700. The van der Waals surface area contributed by atoms with Crippen LogP contribution in [0.1, 0.15) is 78.7 Å². The Morgan fingerprint density at radius 3 is 2.72 bits per heavy atom. The highest BCUT2D eigenvalue weighted by Crippen LogP contribution is 2.37. The van der Waals surface area contributed by atoms with Gasteiger partial charge in [0.05, 0.1) is 12.1 Å². The van der Waals surface area contributed by atoms with Gasteiger partial charge in [0.15, 0.2) is 0 Å². The zero-order valence-corrected chi connectivity index (χ0v) is 18.2. The molecule has 2 aromatic heterocycles. The van der Waals surface area contributed by atoms with Crippen molar-refractivity contribution in [2.75, 3.05) is 18.4 Å². The second-order valence-corrected chi connectivity index (χ2v) is 9.38. The van der Waals surface area contributed by atoms with Gasteiger partial charge >= 0.3 is 0 Å². The van der Waals surface area contributed by atoms with Crippen LogP contribution in [0.4, 0.5) is 5.82 Å². The smallest absolute Gasteiger partial charge is 0.239 e. The van der Waals surface area contributed by atoms with Crippen molar-refractivity contribution in [3.63, 3.8) is 0 Å². The third kappa shape index (κ3) is 3.99. The highest BCUT2D eigenvalue weighted by Gasteiger charge is 2.30. The molecule has 6 heteroatoms. The third-order valence-electron chi connectivity index (χ3n) is 6.65. The van der Waals surface area contributed by atoms with Gasteiger partial charge in [0.2, 0.25) is 5.91 Å². The van der Waals surface area contributed by atoms with Crippen LogP contribution in [0.2, 0.25) is 0 Å². The number of aromatic nitrogens is 1. The zero-order chi connectivity index (χ0) is 20.4. The first kappa shape index (κ1) is 20.2. The second-order valence-electron chi connectivity index (χ2n) is 8.40. The van der Waals surface area contributed by atoms with E-state index in [0.717, 1.165) is 43.5 Å². The molecular weight excluding hydrogens is 380 g/mol. The number of thiophene rings is 1. The lowest BCUT2D eigenvalue weighted by molar-refractivity contribution is -0.117. The number of carbonyl (C=O) groups is 1. The molecule has 1 saturated heterocycles. The van der Waals surface area contributed by atoms with E-state index >= 15 is 0 Å². The van der Waals surface area contributed by atoms with Crippen molar-refractivity contribution in [2.24, 2.45) is 0 Å². The first-order valence-electron chi connectivity index (χ1n) is 10.8. The molecule has 1 aliphatic carbocycles. The number of nitrogens with zero attached hydrogens (tertiary/aromatic N) is 3. The number of carbonyl (C=O) groups excluding carboxylic acids is 1. The molecule has 5 nitrogen and oxygen atoms in total. The molecule has 0 aromatic carbocycles. The predicted octanol–water partition coefficient (Wildman–Crippen LogP) is 5.32. The second kappa shape index (κ2) is 8.73. The van der Waals surface area contributed by atoms with Gasteiger partial charge in [0.1, 0.15) is 11.9 Å². The number of nitriles is 1. The van der Waals surface area contributed by atoms with Crippen LogP contribution in [-0.4, -0.2) is 28.5 Å². The minimum Gasteiger partial charge on any atom is -0.327 e. The van der Waals surface area contributed by atoms with E-state index in [4.69, 9.17) is 0 Å². The Kier molecular flexibility index (Phi) is 6.07. The molecule has 1 N–H and O–H groups in total. The number of amides is 1. The van der Waals surface area contributed by atoms with E-state index < -0.39 is 0 Å². The zero-order valence-electron chi connectivity index (χ0n) is 17.4. The number of nitrogens with one attached hydrogen (secondary N) is 1. The largest absolute Gasteiger partial charge is 0.327 e. The Morgan fingerprint density at radius 2 is 2.03 bits per heavy atom. The van der Waals surface area contributed by atoms with Gasteiger partial charge in [-0.1, -0.05) is 25.3 Å². The maximum Gasteiger partial charge on any atom is 0.239 e. The summed E-state index contributed by atoms with van der Waals surface area (Å²) < 4.78 is 2.24. The van der Waals surface area contributed by atoms with E-state index in [-0.39, 0.29) is 5.91 Å². The van der Waals surface area contributed by atoms with Gasteiger partial charge in [-0.15, -0.1) is 11.3 Å². The Morgan fingerprint density at radius 1 is 1.24 bits per heavy atom. The summed E-state index contributed by atoms with van der Waals surface area (Å²) in [5.41, 5.74) is 2.73. The lowest BCUT2D eigenvalue weighted by Gasteiger charge is -2.28. The monoisotopic (exact) mass is 410 g/mol. The molecule has 2 aliphatic rings. The molecule has 1 saturated carbocycles. The highest BCUT2D eigenvalue weighted by atomic mass is 32.1. The molecule has 3 heterocycles.